The Bertz CT molecular complexity index is 1990. The fourth-order valence-electron chi connectivity index (χ4n) is 5.76. The number of aromatic nitrogens is 3. The summed E-state index contributed by atoms with van der Waals surface area (Å²) in [6, 6.07) is 12.8. The quantitative estimate of drug-likeness (QED) is 0.109. The number of carbonyl (C=O) groups excluding carboxylic acids is 2. The molecule has 280 valence electrons. The van der Waals surface area contributed by atoms with Gasteiger partial charge in [-0.1, -0.05) is 75.3 Å². The highest BCUT2D eigenvalue weighted by Crippen LogP contribution is 2.24. The summed E-state index contributed by atoms with van der Waals surface area (Å²) in [5.41, 5.74) is 1.06. The maximum absolute atomic E-state index is 14.1. The molecule has 0 aliphatic rings. The van der Waals surface area contributed by atoms with Crippen molar-refractivity contribution in [1.29, 1.82) is 0 Å². The van der Waals surface area contributed by atoms with Crippen LogP contribution in [0.4, 0.5) is 5.13 Å². The van der Waals surface area contributed by atoms with Crippen molar-refractivity contribution in [1.82, 2.24) is 23.7 Å². The molecule has 0 aliphatic heterocycles. The molecule has 0 bridgehead atoms. The first-order valence-corrected chi connectivity index (χ1v) is 19.1. The normalized spacial score (nSPS) is 13.6. The van der Waals surface area contributed by atoms with Gasteiger partial charge in [-0.15, -0.1) is 11.3 Å². The summed E-state index contributed by atoms with van der Waals surface area (Å²) in [6.07, 6.45) is -0.0754. The van der Waals surface area contributed by atoms with Crippen LogP contribution in [0.3, 0.4) is 0 Å². The van der Waals surface area contributed by atoms with Gasteiger partial charge < -0.3 is 20.8 Å². The first-order valence-electron chi connectivity index (χ1n) is 16.7. The van der Waals surface area contributed by atoms with E-state index in [4.69, 9.17) is 0 Å². The molecule has 0 fully saturated rings. The van der Waals surface area contributed by atoms with Crippen molar-refractivity contribution in [3.05, 3.63) is 98.4 Å². The molecule has 0 unspecified atom stereocenters. The largest absolute Gasteiger partial charge is 0.493 e. The monoisotopic (exact) mass is 755 g/mol. The van der Waals surface area contributed by atoms with Crippen LogP contribution in [-0.4, -0.2) is 74.1 Å². The third-order valence-electron chi connectivity index (χ3n) is 8.20. The van der Waals surface area contributed by atoms with Crippen LogP contribution in [0, 0.1) is 16.7 Å². The van der Waals surface area contributed by atoms with Crippen LogP contribution in [-0.2, 0) is 39.1 Å². The topological polar surface area (TPSA) is 205 Å². The number of anilines is 1. The van der Waals surface area contributed by atoms with Crippen LogP contribution in [0.1, 0.15) is 57.5 Å². The average molecular weight is 756 g/mol. The second-order valence-electron chi connectivity index (χ2n) is 13.3. The fourth-order valence-corrected chi connectivity index (χ4v) is 8.13. The minimum absolute atomic E-state index is 0.0220. The van der Waals surface area contributed by atoms with Gasteiger partial charge in [0.1, 0.15) is 12.6 Å². The smallest absolute Gasteiger partial charge is 0.332 e. The van der Waals surface area contributed by atoms with Crippen molar-refractivity contribution >= 4 is 38.3 Å². The lowest BCUT2D eigenvalue weighted by molar-refractivity contribution is -0.127. The Morgan fingerprint density at radius 3 is 2.29 bits per heavy atom. The number of sulfonamides is 1. The van der Waals surface area contributed by atoms with E-state index in [0.29, 0.717) is 16.4 Å². The molecule has 2 amide bonds. The number of nitrogens with zero attached hydrogens (tertiary/aromatic N) is 5. The maximum atomic E-state index is 14.1. The van der Waals surface area contributed by atoms with Gasteiger partial charge in [0.05, 0.1) is 35.5 Å². The number of nitroso groups, excluding NO2 is 1. The highest BCUT2D eigenvalue weighted by Gasteiger charge is 2.34. The van der Waals surface area contributed by atoms with Crippen LogP contribution in [0.25, 0.3) is 0 Å². The molecular formula is C35H45N7O8S2. The predicted molar refractivity (Wildman–Crippen MR) is 197 cm³/mol. The molecule has 2 aromatic carbocycles. The van der Waals surface area contributed by atoms with Gasteiger partial charge in [0, 0.05) is 25.4 Å². The lowest BCUT2D eigenvalue weighted by Crippen LogP contribution is -2.53. The third-order valence-corrected chi connectivity index (χ3v) is 10.8. The summed E-state index contributed by atoms with van der Waals surface area (Å²) in [7, 11) is -4.12. The number of rotatable bonds is 18. The summed E-state index contributed by atoms with van der Waals surface area (Å²) in [6.45, 7) is 8.02. The van der Waals surface area contributed by atoms with E-state index in [1.54, 1.807) is 19.2 Å². The molecule has 0 saturated carbocycles. The SMILES string of the molecule is CC(=O)Nc1nc(Cn2c(O)cn([C@H](C(=O)N[C@@H](Cc3ccccc3)[C@H](O)CN(CC(C)C)S(=O)(=O)c3ccc(CN=O)cc3)C(C)C)c2=O)cs1. The molecule has 0 radical (unpaired) electrons. The van der Waals surface area contributed by atoms with Crippen molar-refractivity contribution in [2.45, 2.75) is 77.2 Å². The van der Waals surface area contributed by atoms with Crippen LogP contribution in [0.15, 0.2) is 81.0 Å². The Kier molecular flexibility index (Phi) is 13.6. The van der Waals surface area contributed by atoms with E-state index in [1.807, 2.05) is 44.2 Å². The molecule has 0 saturated heterocycles. The molecule has 4 aromatic rings. The second kappa shape index (κ2) is 17.7. The van der Waals surface area contributed by atoms with Gasteiger partial charge in [-0.3, -0.25) is 18.7 Å². The number of hydrogen-bond acceptors (Lipinski definition) is 11. The van der Waals surface area contributed by atoms with Crippen LogP contribution in [0.2, 0.25) is 0 Å². The fraction of sp³-hybridized carbons (Fsp3) is 0.429. The maximum Gasteiger partial charge on any atom is 0.332 e. The van der Waals surface area contributed by atoms with Crippen molar-refractivity contribution in [2.75, 3.05) is 18.4 Å². The molecule has 52 heavy (non-hydrogen) atoms. The van der Waals surface area contributed by atoms with E-state index >= 15 is 0 Å². The van der Waals surface area contributed by atoms with E-state index in [0.717, 1.165) is 26.0 Å². The van der Waals surface area contributed by atoms with E-state index in [-0.39, 0.29) is 49.3 Å². The molecule has 2 heterocycles. The lowest BCUT2D eigenvalue weighted by Gasteiger charge is -2.32. The zero-order valence-corrected chi connectivity index (χ0v) is 31.3. The number of aliphatic hydroxyl groups excluding tert-OH is 1. The van der Waals surface area contributed by atoms with Crippen molar-refractivity contribution in [2.24, 2.45) is 17.0 Å². The second-order valence-corrected chi connectivity index (χ2v) is 16.1. The Morgan fingerprint density at radius 1 is 1.02 bits per heavy atom. The number of thiazole rings is 1. The number of aliphatic hydroxyl groups is 1. The molecule has 17 heteroatoms. The molecular weight excluding hydrogens is 711 g/mol. The number of benzene rings is 2. The minimum atomic E-state index is -4.12. The predicted octanol–water partition coefficient (Wildman–Crippen LogP) is 3.72. The zero-order valence-electron chi connectivity index (χ0n) is 29.7. The molecule has 2 aromatic heterocycles. The van der Waals surface area contributed by atoms with Crippen LogP contribution in [0.5, 0.6) is 5.88 Å². The molecule has 0 aliphatic carbocycles. The first kappa shape index (κ1) is 40.1. The van der Waals surface area contributed by atoms with Gasteiger partial charge in [-0.25, -0.2) is 18.2 Å². The van der Waals surface area contributed by atoms with E-state index in [9.17, 15) is 37.9 Å². The third kappa shape index (κ3) is 10.2. The first-order chi connectivity index (χ1) is 24.6. The van der Waals surface area contributed by atoms with Gasteiger partial charge in [-0.2, -0.15) is 9.21 Å². The molecule has 0 spiro atoms. The molecule has 3 atom stereocenters. The number of aromatic hydroxyl groups is 1. The zero-order chi connectivity index (χ0) is 38.2. The lowest BCUT2D eigenvalue weighted by atomic mass is 9.98. The number of nitrogens with one attached hydrogen (secondary N) is 2. The highest BCUT2D eigenvalue weighted by atomic mass is 32.2. The van der Waals surface area contributed by atoms with Gasteiger partial charge in [0.2, 0.25) is 27.7 Å². The average Bonchev–Trinajstić information content (AvgIpc) is 3.63. The van der Waals surface area contributed by atoms with Gasteiger partial charge in [0.15, 0.2) is 5.13 Å². The highest BCUT2D eigenvalue weighted by molar-refractivity contribution is 7.89. The number of imidazole rings is 1. The van der Waals surface area contributed by atoms with E-state index < -0.39 is 51.6 Å². The van der Waals surface area contributed by atoms with Crippen LogP contribution >= 0.6 is 11.3 Å². The number of amides is 2. The Morgan fingerprint density at radius 2 is 1.69 bits per heavy atom. The molecule has 15 nitrogen and oxygen atoms in total. The summed E-state index contributed by atoms with van der Waals surface area (Å²) in [5, 5.41) is 32.8. The van der Waals surface area contributed by atoms with Crippen molar-refractivity contribution in [3.8, 4) is 5.88 Å². The van der Waals surface area contributed by atoms with Gasteiger partial charge >= 0.3 is 5.69 Å². The molecule has 4 N–H and O–H groups in total. The Hall–Kier alpha value is -4.71. The standard InChI is InChI=1S/C35H45N7O8S2/c1-22(2)17-40(52(49,50)28-13-11-26(12-14-28)16-36-48)19-30(44)29(15-25-9-7-6-8-10-25)39-33(46)32(23(3)4)42-20-31(45)41(35(42)47)18-27-21-51-34(38-27)37-24(5)43/h6-14,20-23,29-30,32,44-45H,15-19H2,1-5H3,(H,39,46)(H,37,38,43)/t29-,30+,32-/m0/s1. The summed E-state index contributed by atoms with van der Waals surface area (Å²) < 4.78 is 31.1. The van der Waals surface area contributed by atoms with Gasteiger partial charge in [-0.05, 0) is 41.5 Å². The van der Waals surface area contributed by atoms with E-state index in [2.05, 4.69) is 20.8 Å². The Labute approximate surface area is 306 Å². The summed E-state index contributed by atoms with van der Waals surface area (Å²) in [5.74, 6) is -1.89. The van der Waals surface area contributed by atoms with Crippen LogP contribution < -0.4 is 16.3 Å². The molecule has 4 rings (SSSR count). The van der Waals surface area contributed by atoms with Gasteiger partial charge in [0.25, 0.3) is 0 Å². The number of carbonyl (C=O) groups is 2. The Balaban J connectivity index is 1.63. The van der Waals surface area contributed by atoms with Crippen molar-refractivity contribution < 1.29 is 28.2 Å². The van der Waals surface area contributed by atoms with E-state index in [1.165, 1.54) is 41.7 Å². The summed E-state index contributed by atoms with van der Waals surface area (Å²) in [4.78, 5) is 54.1. The number of hydrogen-bond donors (Lipinski definition) is 4. The van der Waals surface area contributed by atoms with Crippen molar-refractivity contribution in [3.63, 3.8) is 0 Å². The summed E-state index contributed by atoms with van der Waals surface area (Å²) >= 11 is 1.16. The minimum Gasteiger partial charge on any atom is -0.493 e.